The lowest BCUT2D eigenvalue weighted by Gasteiger charge is -2.12. The number of halogens is 6. The van der Waals surface area contributed by atoms with Crippen LogP contribution in [0.2, 0.25) is 0 Å². The number of hydrogen-bond acceptors (Lipinski definition) is 2. The predicted molar refractivity (Wildman–Crippen MR) is 56.2 cm³/mol. The zero-order chi connectivity index (χ0) is 13.2. The van der Waals surface area contributed by atoms with Gasteiger partial charge in [0, 0.05) is 5.56 Å². The minimum atomic E-state index is -4.74. The first-order valence-corrected chi connectivity index (χ1v) is 5.27. The summed E-state index contributed by atoms with van der Waals surface area (Å²) in [6, 6.07) is 1.94. The highest BCUT2D eigenvalue weighted by Gasteiger charge is 2.35. The first kappa shape index (κ1) is 14.1. The van der Waals surface area contributed by atoms with Crippen LogP contribution in [0.5, 0.6) is 0 Å². The molecule has 17 heavy (non-hydrogen) atoms. The fourth-order valence-corrected chi connectivity index (χ4v) is 1.90. The SMILES string of the molecule is N#CCc1nc(I)c(C(F)(F)F)cc1C(F)F. The molecule has 0 aliphatic heterocycles. The lowest BCUT2D eigenvalue weighted by atomic mass is 10.1. The van der Waals surface area contributed by atoms with Crippen molar-refractivity contribution in [3.05, 3.63) is 26.6 Å². The van der Waals surface area contributed by atoms with Crippen molar-refractivity contribution in [2.75, 3.05) is 0 Å². The van der Waals surface area contributed by atoms with E-state index in [9.17, 15) is 22.0 Å². The third-order valence-electron chi connectivity index (χ3n) is 1.88. The third-order valence-corrected chi connectivity index (χ3v) is 2.70. The van der Waals surface area contributed by atoms with Crippen molar-refractivity contribution in [2.24, 2.45) is 0 Å². The van der Waals surface area contributed by atoms with Gasteiger partial charge in [-0.05, 0) is 28.7 Å². The Morgan fingerprint density at radius 2 is 2.00 bits per heavy atom. The molecule has 0 radical (unpaired) electrons. The highest BCUT2D eigenvalue weighted by molar-refractivity contribution is 14.1. The van der Waals surface area contributed by atoms with E-state index in [-0.39, 0.29) is 5.69 Å². The van der Waals surface area contributed by atoms with Crippen molar-refractivity contribution in [1.82, 2.24) is 4.98 Å². The number of hydrogen-bond donors (Lipinski definition) is 0. The molecule has 0 atom stereocenters. The van der Waals surface area contributed by atoms with Crippen LogP contribution in [-0.2, 0) is 12.6 Å². The molecule has 0 fully saturated rings. The lowest BCUT2D eigenvalue weighted by Crippen LogP contribution is -2.12. The Morgan fingerprint density at radius 3 is 2.41 bits per heavy atom. The summed E-state index contributed by atoms with van der Waals surface area (Å²) in [7, 11) is 0. The molecule has 1 heterocycles. The summed E-state index contributed by atoms with van der Waals surface area (Å²) in [5.74, 6) is 0. The van der Waals surface area contributed by atoms with E-state index in [1.807, 2.05) is 0 Å². The molecule has 8 heteroatoms. The van der Waals surface area contributed by atoms with Gasteiger partial charge in [0.25, 0.3) is 6.43 Å². The van der Waals surface area contributed by atoms with Crippen LogP contribution in [0.1, 0.15) is 23.2 Å². The molecule has 0 aliphatic rings. The van der Waals surface area contributed by atoms with Gasteiger partial charge in [0.2, 0.25) is 0 Å². The highest BCUT2D eigenvalue weighted by Crippen LogP contribution is 2.35. The van der Waals surface area contributed by atoms with E-state index in [0.29, 0.717) is 6.07 Å². The molecular formula is C9H4F5IN2. The fourth-order valence-electron chi connectivity index (χ4n) is 1.15. The monoisotopic (exact) mass is 362 g/mol. The quantitative estimate of drug-likeness (QED) is 0.457. The minimum absolute atomic E-state index is 0.320. The van der Waals surface area contributed by atoms with Crippen LogP contribution in [0.25, 0.3) is 0 Å². The second-order valence-corrected chi connectivity index (χ2v) is 4.02. The first-order valence-electron chi connectivity index (χ1n) is 4.19. The van der Waals surface area contributed by atoms with Crippen LogP contribution >= 0.6 is 22.6 Å². The smallest absolute Gasteiger partial charge is 0.245 e. The van der Waals surface area contributed by atoms with Gasteiger partial charge in [-0.3, -0.25) is 0 Å². The van der Waals surface area contributed by atoms with Crippen LogP contribution in [0.15, 0.2) is 6.07 Å². The summed E-state index contributed by atoms with van der Waals surface area (Å²) in [6.07, 6.45) is -8.28. The largest absolute Gasteiger partial charge is 0.418 e. The number of aromatic nitrogens is 1. The average Bonchev–Trinajstić information content (AvgIpc) is 2.15. The Kier molecular flexibility index (Phi) is 4.24. The van der Waals surface area contributed by atoms with E-state index in [1.54, 1.807) is 6.07 Å². The Hall–Kier alpha value is -0.980. The van der Waals surface area contributed by atoms with E-state index in [0.717, 1.165) is 0 Å². The number of nitriles is 1. The number of pyridine rings is 1. The molecule has 0 spiro atoms. The fraction of sp³-hybridized carbons (Fsp3) is 0.333. The molecule has 0 saturated heterocycles. The molecule has 0 unspecified atom stereocenters. The molecule has 1 aromatic heterocycles. The van der Waals surface area contributed by atoms with Crippen molar-refractivity contribution in [1.29, 1.82) is 5.26 Å². The van der Waals surface area contributed by atoms with Gasteiger partial charge in [-0.2, -0.15) is 18.4 Å². The Balaban J connectivity index is 3.41. The first-order chi connectivity index (χ1) is 7.77. The van der Waals surface area contributed by atoms with Crippen molar-refractivity contribution < 1.29 is 22.0 Å². The summed E-state index contributed by atoms with van der Waals surface area (Å²) in [6.45, 7) is 0. The molecule has 0 aromatic carbocycles. The maximum absolute atomic E-state index is 12.5. The van der Waals surface area contributed by atoms with Crippen molar-refractivity contribution in [2.45, 2.75) is 19.0 Å². The van der Waals surface area contributed by atoms with Gasteiger partial charge in [0.15, 0.2) is 0 Å². The van der Waals surface area contributed by atoms with Crippen LogP contribution in [0.3, 0.4) is 0 Å². The second kappa shape index (κ2) is 5.12. The van der Waals surface area contributed by atoms with Crippen molar-refractivity contribution in [3.8, 4) is 6.07 Å². The van der Waals surface area contributed by atoms with Gasteiger partial charge in [-0.1, -0.05) is 0 Å². The zero-order valence-electron chi connectivity index (χ0n) is 8.02. The lowest BCUT2D eigenvalue weighted by molar-refractivity contribution is -0.138. The van der Waals surface area contributed by atoms with Crippen molar-refractivity contribution >= 4 is 22.6 Å². The number of rotatable bonds is 2. The Morgan fingerprint density at radius 1 is 1.41 bits per heavy atom. The van der Waals surface area contributed by atoms with Crippen LogP contribution in [0.4, 0.5) is 22.0 Å². The van der Waals surface area contributed by atoms with Gasteiger partial charge in [-0.25, -0.2) is 13.8 Å². The molecule has 0 saturated carbocycles. The average molecular weight is 362 g/mol. The summed E-state index contributed by atoms with van der Waals surface area (Å²) in [5.41, 5.74) is -2.38. The zero-order valence-corrected chi connectivity index (χ0v) is 10.2. The number of alkyl halides is 5. The summed E-state index contributed by atoms with van der Waals surface area (Å²) in [5, 5.41) is 8.39. The summed E-state index contributed by atoms with van der Waals surface area (Å²) < 4.78 is 62.0. The Labute approximate surface area is 107 Å². The number of nitrogens with zero attached hydrogens (tertiary/aromatic N) is 2. The molecular weight excluding hydrogens is 358 g/mol. The molecule has 2 nitrogen and oxygen atoms in total. The third kappa shape index (κ3) is 3.24. The van der Waals surface area contributed by atoms with E-state index >= 15 is 0 Å². The van der Waals surface area contributed by atoms with Gasteiger partial charge in [0.05, 0.1) is 23.7 Å². The molecule has 0 N–H and O–H groups in total. The van der Waals surface area contributed by atoms with Crippen LogP contribution in [0, 0.1) is 15.0 Å². The molecule has 0 aliphatic carbocycles. The summed E-state index contributed by atoms with van der Waals surface area (Å²) in [4.78, 5) is 3.41. The van der Waals surface area contributed by atoms with E-state index in [2.05, 4.69) is 4.98 Å². The van der Waals surface area contributed by atoms with Crippen LogP contribution < -0.4 is 0 Å². The van der Waals surface area contributed by atoms with Gasteiger partial charge in [-0.15, -0.1) is 0 Å². The standard InChI is InChI=1S/C9H4F5IN2/c10-7(11)4-3-5(9(12,13)14)8(15)17-6(4)1-2-16/h3,7H,1H2. The molecule has 0 bridgehead atoms. The van der Waals surface area contributed by atoms with Crippen molar-refractivity contribution in [3.63, 3.8) is 0 Å². The topological polar surface area (TPSA) is 36.7 Å². The minimum Gasteiger partial charge on any atom is -0.245 e. The van der Waals surface area contributed by atoms with Gasteiger partial charge < -0.3 is 0 Å². The van der Waals surface area contributed by atoms with E-state index < -0.39 is 33.9 Å². The molecule has 1 aromatic rings. The molecule has 0 amide bonds. The molecule has 92 valence electrons. The van der Waals surface area contributed by atoms with Crippen LogP contribution in [-0.4, -0.2) is 4.98 Å². The predicted octanol–water partition coefficient (Wildman–Crippen LogP) is 3.71. The highest BCUT2D eigenvalue weighted by atomic mass is 127. The second-order valence-electron chi connectivity index (χ2n) is 3.00. The van der Waals surface area contributed by atoms with E-state index in [4.69, 9.17) is 5.26 Å². The Bertz CT molecular complexity index is 464. The maximum atomic E-state index is 12.5. The maximum Gasteiger partial charge on any atom is 0.418 e. The summed E-state index contributed by atoms with van der Waals surface area (Å²) >= 11 is 1.31. The van der Waals surface area contributed by atoms with E-state index in [1.165, 1.54) is 22.6 Å². The van der Waals surface area contributed by atoms with Gasteiger partial charge >= 0.3 is 6.18 Å². The normalized spacial score (nSPS) is 11.6. The molecule has 1 rings (SSSR count). The van der Waals surface area contributed by atoms with Gasteiger partial charge in [0.1, 0.15) is 3.70 Å².